The Morgan fingerprint density at radius 2 is 2.12 bits per heavy atom. The Morgan fingerprint density at radius 1 is 1.35 bits per heavy atom. The minimum atomic E-state index is 0.374. The molecule has 0 saturated carbocycles. The van der Waals surface area contributed by atoms with E-state index < -0.39 is 0 Å². The van der Waals surface area contributed by atoms with Crippen LogP contribution in [0.25, 0.3) is 11.8 Å². The lowest BCUT2D eigenvalue weighted by Crippen LogP contribution is -2.29. The van der Waals surface area contributed by atoms with Crippen LogP contribution in [0.2, 0.25) is 0 Å². The van der Waals surface area contributed by atoms with Crippen molar-refractivity contribution >= 4 is 17.6 Å². The maximum atomic E-state index is 6.40. The lowest BCUT2D eigenvalue weighted by molar-refractivity contribution is 0.154. The molecule has 0 amide bonds. The zero-order valence-electron chi connectivity index (χ0n) is 16.5. The Kier molecular flexibility index (Phi) is 7.27. The summed E-state index contributed by atoms with van der Waals surface area (Å²) in [6, 6.07) is 2.09. The predicted molar refractivity (Wildman–Crippen MR) is 111 cm³/mol. The van der Waals surface area contributed by atoms with Gasteiger partial charge in [-0.3, -0.25) is 0 Å². The second-order valence-electron chi connectivity index (χ2n) is 6.68. The second-order valence-corrected chi connectivity index (χ2v) is 6.68. The van der Waals surface area contributed by atoms with Crippen LogP contribution in [0.15, 0.2) is 30.0 Å². The Bertz CT molecular complexity index is 702. The fraction of sp³-hybridized carbons (Fsp3) is 0.476. The summed E-state index contributed by atoms with van der Waals surface area (Å²) >= 11 is 0. The summed E-state index contributed by atoms with van der Waals surface area (Å²) in [5, 5.41) is 0. The van der Waals surface area contributed by atoms with E-state index in [1.54, 1.807) is 0 Å². The van der Waals surface area contributed by atoms with Crippen molar-refractivity contribution in [2.24, 2.45) is 11.5 Å². The van der Waals surface area contributed by atoms with Gasteiger partial charge in [0.15, 0.2) is 0 Å². The molecule has 0 saturated heterocycles. The molecule has 4 N–H and O–H groups in total. The minimum Gasteiger partial charge on any atom is -0.402 e. The van der Waals surface area contributed by atoms with Gasteiger partial charge in [0.1, 0.15) is 5.82 Å². The van der Waals surface area contributed by atoms with Crippen molar-refractivity contribution < 1.29 is 4.74 Å². The third kappa shape index (κ3) is 4.88. The van der Waals surface area contributed by atoms with Crippen molar-refractivity contribution in [3.05, 3.63) is 46.8 Å². The highest BCUT2D eigenvalue weighted by Crippen LogP contribution is 2.34. The zero-order chi connectivity index (χ0) is 19.1. The summed E-state index contributed by atoms with van der Waals surface area (Å²) in [7, 11) is 0. The molecule has 5 nitrogen and oxygen atoms in total. The van der Waals surface area contributed by atoms with Crippen LogP contribution in [0, 0.1) is 0 Å². The summed E-state index contributed by atoms with van der Waals surface area (Å²) in [6.45, 7) is 11.3. The van der Waals surface area contributed by atoms with Crippen LogP contribution in [-0.4, -0.2) is 31.3 Å². The lowest BCUT2D eigenvalue weighted by atomic mass is 9.89. The van der Waals surface area contributed by atoms with Gasteiger partial charge in [-0.1, -0.05) is 19.1 Å². The molecule has 0 fully saturated rings. The summed E-state index contributed by atoms with van der Waals surface area (Å²) in [5.74, 6) is 1.33. The van der Waals surface area contributed by atoms with Gasteiger partial charge < -0.3 is 21.1 Å². The predicted octanol–water partition coefficient (Wildman–Crippen LogP) is 3.63. The Balaban J connectivity index is 2.49. The highest BCUT2D eigenvalue weighted by Gasteiger charge is 2.21. The maximum Gasteiger partial charge on any atom is 0.129 e. The number of pyridine rings is 1. The van der Waals surface area contributed by atoms with Gasteiger partial charge in [-0.05, 0) is 45.4 Å². The third-order valence-electron chi connectivity index (χ3n) is 4.57. The van der Waals surface area contributed by atoms with E-state index in [-0.39, 0.29) is 0 Å². The zero-order valence-corrected chi connectivity index (χ0v) is 16.5. The van der Waals surface area contributed by atoms with Crippen molar-refractivity contribution in [1.82, 2.24) is 4.98 Å². The molecule has 1 unspecified atom stereocenters. The molecule has 0 spiro atoms. The van der Waals surface area contributed by atoms with Crippen molar-refractivity contribution in [3.8, 4) is 0 Å². The molecule has 5 heteroatoms. The van der Waals surface area contributed by atoms with Crippen LogP contribution in [-0.2, 0) is 4.74 Å². The van der Waals surface area contributed by atoms with E-state index in [4.69, 9.17) is 21.2 Å². The molecular weight excluding hydrogens is 324 g/mol. The van der Waals surface area contributed by atoms with Gasteiger partial charge in [0.2, 0.25) is 0 Å². The highest BCUT2D eigenvalue weighted by atomic mass is 16.5. The highest BCUT2D eigenvalue weighted by molar-refractivity contribution is 5.77. The molecule has 1 aromatic rings. The van der Waals surface area contributed by atoms with Crippen LogP contribution >= 0.6 is 0 Å². The molecule has 26 heavy (non-hydrogen) atoms. The van der Waals surface area contributed by atoms with Crippen molar-refractivity contribution in [1.29, 1.82) is 0 Å². The maximum absolute atomic E-state index is 6.40. The first-order valence-electron chi connectivity index (χ1n) is 9.41. The van der Waals surface area contributed by atoms with Gasteiger partial charge >= 0.3 is 0 Å². The summed E-state index contributed by atoms with van der Waals surface area (Å²) in [5.41, 5.74) is 16.8. The lowest BCUT2D eigenvalue weighted by Gasteiger charge is -2.27. The molecule has 0 bridgehead atoms. The van der Waals surface area contributed by atoms with Gasteiger partial charge in [-0.15, -0.1) is 0 Å². The van der Waals surface area contributed by atoms with E-state index in [9.17, 15) is 0 Å². The molecular formula is C21H32N4O. The number of fused-ring (bicyclic) bond motifs is 1. The van der Waals surface area contributed by atoms with Gasteiger partial charge in [-0.2, -0.15) is 0 Å². The Morgan fingerprint density at radius 3 is 2.77 bits per heavy atom. The van der Waals surface area contributed by atoms with E-state index in [2.05, 4.69) is 37.0 Å². The number of likely N-dealkylation sites (N-methyl/N-ethyl adjacent to an activating group) is 1. The SMILES string of the molecule is CCOCCN(CC)c1cc(/C(N)=C/C=C(/C)N)c2c(n1)C(C)CC=C2. The number of allylic oxidation sites excluding steroid dienone is 4. The quantitative estimate of drug-likeness (QED) is 0.549. The van der Waals surface area contributed by atoms with Gasteiger partial charge in [0, 0.05) is 48.1 Å². The number of hydrogen-bond donors (Lipinski definition) is 2. The monoisotopic (exact) mass is 356 g/mol. The van der Waals surface area contributed by atoms with Crippen LogP contribution < -0.4 is 16.4 Å². The molecule has 1 heterocycles. The average molecular weight is 357 g/mol. The second kappa shape index (κ2) is 9.43. The number of anilines is 1. The van der Waals surface area contributed by atoms with Gasteiger partial charge in [-0.25, -0.2) is 4.98 Å². The van der Waals surface area contributed by atoms with Crippen LogP contribution in [0.5, 0.6) is 0 Å². The fourth-order valence-electron chi connectivity index (χ4n) is 3.08. The van der Waals surface area contributed by atoms with E-state index in [1.165, 1.54) is 0 Å². The van der Waals surface area contributed by atoms with Crippen LogP contribution in [0.4, 0.5) is 5.82 Å². The largest absolute Gasteiger partial charge is 0.402 e. The number of hydrogen-bond acceptors (Lipinski definition) is 5. The molecule has 2 rings (SSSR count). The molecule has 0 radical (unpaired) electrons. The molecule has 0 aromatic carbocycles. The van der Waals surface area contributed by atoms with Crippen molar-refractivity contribution in [2.75, 3.05) is 31.2 Å². The van der Waals surface area contributed by atoms with E-state index in [0.717, 1.165) is 54.5 Å². The number of nitrogens with two attached hydrogens (primary N) is 2. The molecule has 142 valence electrons. The first-order chi connectivity index (χ1) is 12.5. The third-order valence-corrected chi connectivity index (χ3v) is 4.57. The molecule has 1 aliphatic rings. The van der Waals surface area contributed by atoms with Crippen LogP contribution in [0.3, 0.4) is 0 Å². The Hall–Kier alpha value is -2.27. The van der Waals surface area contributed by atoms with Crippen LogP contribution in [0.1, 0.15) is 56.9 Å². The number of nitrogens with zero attached hydrogens (tertiary/aromatic N) is 2. The smallest absolute Gasteiger partial charge is 0.129 e. The number of rotatable bonds is 8. The first kappa shape index (κ1) is 20.0. The normalized spacial score (nSPS) is 17.3. The van der Waals surface area contributed by atoms with Gasteiger partial charge in [0.05, 0.1) is 12.3 Å². The number of ether oxygens (including phenoxy) is 1. The van der Waals surface area contributed by atoms with E-state index >= 15 is 0 Å². The molecule has 1 atom stereocenters. The average Bonchev–Trinajstić information content (AvgIpc) is 2.63. The molecule has 1 aromatic heterocycles. The molecule has 1 aliphatic carbocycles. The van der Waals surface area contributed by atoms with Crippen molar-refractivity contribution in [3.63, 3.8) is 0 Å². The summed E-state index contributed by atoms with van der Waals surface area (Å²) in [4.78, 5) is 7.22. The standard InChI is InChI=1S/C21H32N4O/c1-5-25(12-13-26-6-2)20-14-18(19(23)11-10-16(4)22)17-9-7-8-15(3)21(17)24-20/h7,9-11,14-15H,5-6,8,12-13,22-23H2,1-4H3/b16-10-,19-11-. The molecule has 0 aliphatic heterocycles. The minimum absolute atomic E-state index is 0.374. The topological polar surface area (TPSA) is 77.4 Å². The number of aromatic nitrogens is 1. The summed E-state index contributed by atoms with van der Waals surface area (Å²) in [6.07, 6.45) is 9.04. The summed E-state index contributed by atoms with van der Waals surface area (Å²) < 4.78 is 5.53. The first-order valence-corrected chi connectivity index (χ1v) is 9.41. The van der Waals surface area contributed by atoms with E-state index in [0.29, 0.717) is 18.2 Å². The van der Waals surface area contributed by atoms with E-state index in [1.807, 2.05) is 26.0 Å². The van der Waals surface area contributed by atoms with Gasteiger partial charge in [0.25, 0.3) is 0 Å². The Labute approximate surface area is 157 Å². The van der Waals surface area contributed by atoms with Crippen molar-refractivity contribution in [2.45, 2.75) is 40.0 Å². The fourth-order valence-corrected chi connectivity index (χ4v) is 3.08.